The molecule has 2 aliphatic rings. The van der Waals surface area contributed by atoms with Crippen LogP contribution in [0, 0.1) is 33.6 Å². The van der Waals surface area contributed by atoms with Crippen LogP contribution in [0.2, 0.25) is 0 Å². The van der Waals surface area contributed by atoms with Gasteiger partial charge in [0.25, 0.3) is 0 Å². The summed E-state index contributed by atoms with van der Waals surface area (Å²) < 4.78 is 1.99. The average molecular weight is 472 g/mol. The van der Waals surface area contributed by atoms with Gasteiger partial charge in [-0.1, -0.05) is 24.3 Å². The Balaban J connectivity index is 1.24. The highest BCUT2D eigenvalue weighted by molar-refractivity contribution is 6.00. The third-order valence-electron chi connectivity index (χ3n) is 7.44. The minimum absolute atomic E-state index is 0.0322. The van der Waals surface area contributed by atoms with Gasteiger partial charge in [-0.25, -0.2) is 4.68 Å². The third kappa shape index (κ3) is 4.31. The van der Waals surface area contributed by atoms with Gasteiger partial charge >= 0.3 is 0 Å². The van der Waals surface area contributed by atoms with Gasteiger partial charge in [-0.2, -0.15) is 5.10 Å². The Kier molecular flexibility index (Phi) is 6.09. The fourth-order valence-electron chi connectivity index (χ4n) is 5.34. The van der Waals surface area contributed by atoms with E-state index >= 15 is 0 Å². The molecular weight excluding hydrogens is 438 g/mol. The quantitative estimate of drug-likeness (QED) is 0.581. The normalized spacial score (nSPS) is 18.5. The lowest BCUT2D eigenvalue weighted by Crippen LogP contribution is -2.51. The molecule has 2 aromatic carbocycles. The molecule has 2 amide bonds. The molecule has 182 valence electrons. The number of hydrogen-bond donors (Lipinski definition) is 0. The zero-order chi connectivity index (χ0) is 24.7. The van der Waals surface area contributed by atoms with Crippen molar-refractivity contribution in [3.05, 3.63) is 71.0 Å². The molecule has 1 atom stereocenters. The number of hydrogen-bond acceptors (Lipinski definition) is 4. The first-order valence-electron chi connectivity index (χ1n) is 12.4. The lowest BCUT2D eigenvalue weighted by atomic mass is 10.1. The monoisotopic (exact) mass is 471 g/mol. The first kappa shape index (κ1) is 23.1. The lowest BCUT2D eigenvalue weighted by Gasteiger charge is -2.37. The Hall–Kier alpha value is -3.61. The van der Waals surface area contributed by atoms with Crippen molar-refractivity contribution in [2.24, 2.45) is 5.92 Å². The Morgan fingerprint density at radius 1 is 0.886 bits per heavy atom. The smallest absolute Gasteiger partial charge is 0.228 e. The van der Waals surface area contributed by atoms with Gasteiger partial charge in [-0.3, -0.25) is 9.59 Å². The first-order chi connectivity index (χ1) is 16.8. The van der Waals surface area contributed by atoms with E-state index < -0.39 is 0 Å². The largest absolute Gasteiger partial charge is 0.365 e. The molecule has 0 spiro atoms. The van der Waals surface area contributed by atoms with Gasteiger partial charge in [0.15, 0.2) is 0 Å². The SMILES string of the molecule is Cc1ccc(N2CC(C(=O)N3CCN(c4c(C)nn(-c5ccccc5)c4C)CC3)CC2=O)cc1C. The minimum atomic E-state index is -0.278. The number of para-hydroxylation sites is 1. The zero-order valence-corrected chi connectivity index (χ0v) is 21.0. The van der Waals surface area contributed by atoms with E-state index in [-0.39, 0.29) is 24.2 Å². The average Bonchev–Trinajstić information content (AvgIpc) is 3.40. The molecule has 0 bridgehead atoms. The lowest BCUT2D eigenvalue weighted by molar-refractivity contribution is -0.136. The highest BCUT2D eigenvalue weighted by Gasteiger charge is 2.38. The van der Waals surface area contributed by atoms with Gasteiger partial charge in [0.05, 0.1) is 28.7 Å². The summed E-state index contributed by atoms with van der Waals surface area (Å²) >= 11 is 0. The van der Waals surface area contributed by atoms with Gasteiger partial charge in [-0.15, -0.1) is 0 Å². The van der Waals surface area contributed by atoms with Crippen molar-refractivity contribution >= 4 is 23.2 Å². The molecule has 7 heteroatoms. The van der Waals surface area contributed by atoms with Crippen LogP contribution < -0.4 is 9.80 Å². The van der Waals surface area contributed by atoms with Crippen molar-refractivity contribution in [3.8, 4) is 5.69 Å². The van der Waals surface area contributed by atoms with E-state index in [1.54, 1.807) is 4.90 Å². The van der Waals surface area contributed by atoms with Crippen LogP contribution in [-0.4, -0.2) is 59.2 Å². The summed E-state index contributed by atoms with van der Waals surface area (Å²) in [6, 6.07) is 16.2. The maximum absolute atomic E-state index is 13.3. The maximum Gasteiger partial charge on any atom is 0.228 e. The van der Waals surface area contributed by atoms with Crippen LogP contribution in [0.5, 0.6) is 0 Å². The number of aromatic nitrogens is 2. The van der Waals surface area contributed by atoms with E-state index in [1.165, 1.54) is 5.56 Å². The zero-order valence-electron chi connectivity index (χ0n) is 21.0. The molecular formula is C28H33N5O2. The molecule has 1 aromatic heterocycles. The number of aryl methyl sites for hydroxylation is 3. The van der Waals surface area contributed by atoms with E-state index in [1.807, 2.05) is 52.9 Å². The van der Waals surface area contributed by atoms with Crippen LogP contribution in [0.3, 0.4) is 0 Å². The highest BCUT2D eigenvalue weighted by atomic mass is 16.2. The molecule has 3 heterocycles. The number of anilines is 2. The number of amides is 2. The number of benzene rings is 2. The maximum atomic E-state index is 13.3. The van der Waals surface area contributed by atoms with Crippen molar-refractivity contribution in [1.82, 2.24) is 14.7 Å². The van der Waals surface area contributed by atoms with Crippen molar-refractivity contribution in [3.63, 3.8) is 0 Å². The van der Waals surface area contributed by atoms with E-state index in [9.17, 15) is 9.59 Å². The fraction of sp³-hybridized carbons (Fsp3) is 0.393. The molecule has 0 radical (unpaired) electrons. The Morgan fingerprint density at radius 2 is 1.60 bits per heavy atom. The minimum Gasteiger partial charge on any atom is -0.365 e. The number of piperazine rings is 1. The van der Waals surface area contributed by atoms with Crippen molar-refractivity contribution in [2.75, 3.05) is 42.5 Å². The molecule has 7 nitrogen and oxygen atoms in total. The van der Waals surface area contributed by atoms with Crippen LogP contribution in [0.25, 0.3) is 5.69 Å². The molecule has 2 aliphatic heterocycles. The van der Waals surface area contributed by atoms with Crippen LogP contribution in [0.15, 0.2) is 48.5 Å². The highest BCUT2D eigenvalue weighted by Crippen LogP contribution is 2.30. The summed E-state index contributed by atoms with van der Waals surface area (Å²) in [7, 11) is 0. The predicted molar refractivity (Wildman–Crippen MR) is 138 cm³/mol. The Labute approximate surface area is 206 Å². The van der Waals surface area contributed by atoms with E-state index in [4.69, 9.17) is 5.10 Å². The molecule has 0 aliphatic carbocycles. The standard InChI is InChI=1S/C28H33N5O2/c1-19-10-11-25(16-20(19)2)32-18-23(17-26(32)34)28(35)31-14-12-30(13-15-31)27-21(3)29-33(22(27)4)24-8-6-5-7-9-24/h5-11,16,23H,12-15,17-18H2,1-4H3. The summed E-state index contributed by atoms with van der Waals surface area (Å²) in [4.78, 5) is 32.1. The topological polar surface area (TPSA) is 61.7 Å². The third-order valence-corrected chi connectivity index (χ3v) is 7.44. The van der Waals surface area contributed by atoms with E-state index in [0.29, 0.717) is 19.6 Å². The van der Waals surface area contributed by atoms with Gasteiger partial charge in [0.2, 0.25) is 11.8 Å². The molecule has 3 aromatic rings. The van der Waals surface area contributed by atoms with Crippen LogP contribution in [0.4, 0.5) is 11.4 Å². The Bertz CT molecular complexity index is 1260. The second-order valence-electron chi connectivity index (χ2n) is 9.75. The number of nitrogens with zero attached hydrogens (tertiary/aromatic N) is 5. The van der Waals surface area contributed by atoms with Gasteiger partial charge in [0, 0.05) is 44.8 Å². The fourth-order valence-corrected chi connectivity index (χ4v) is 5.34. The second-order valence-corrected chi connectivity index (χ2v) is 9.75. The predicted octanol–water partition coefficient (Wildman–Crippen LogP) is 3.81. The summed E-state index contributed by atoms with van der Waals surface area (Å²) in [5.74, 6) is -0.150. The number of carbonyl (C=O) groups is 2. The summed E-state index contributed by atoms with van der Waals surface area (Å²) in [5.41, 5.74) is 7.55. The molecule has 5 rings (SSSR count). The molecule has 2 saturated heterocycles. The van der Waals surface area contributed by atoms with E-state index in [0.717, 1.165) is 47.1 Å². The van der Waals surface area contributed by atoms with Gasteiger partial charge in [-0.05, 0) is 63.1 Å². The molecule has 35 heavy (non-hydrogen) atoms. The molecule has 0 N–H and O–H groups in total. The van der Waals surface area contributed by atoms with Gasteiger partial charge in [0.1, 0.15) is 0 Å². The molecule has 1 unspecified atom stereocenters. The van der Waals surface area contributed by atoms with Crippen molar-refractivity contribution in [2.45, 2.75) is 34.1 Å². The van der Waals surface area contributed by atoms with Gasteiger partial charge < -0.3 is 14.7 Å². The molecule has 0 saturated carbocycles. The number of rotatable bonds is 4. The van der Waals surface area contributed by atoms with Crippen molar-refractivity contribution < 1.29 is 9.59 Å². The van der Waals surface area contributed by atoms with Crippen LogP contribution in [0.1, 0.15) is 28.9 Å². The number of carbonyl (C=O) groups excluding carboxylic acids is 2. The summed E-state index contributed by atoms with van der Waals surface area (Å²) in [6.45, 7) is 11.6. The first-order valence-corrected chi connectivity index (χ1v) is 12.4. The van der Waals surface area contributed by atoms with E-state index in [2.05, 4.69) is 37.8 Å². The van der Waals surface area contributed by atoms with Crippen LogP contribution in [-0.2, 0) is 9.59 Å². The van der Waals surface area contributed by atoms with Crippen LogP contribution >= 0.6 is 0 Å². The summed E-state index contributed by atoms with van der Waals surface area (Å²) in [6.07, 6.45) is 0.286. The Morgan fingerprint density at radius 3 is 2.29 bits per heavy atom. The second kappa shape index (κ2) is 9.21. The molecule has 2 fully saturated rings. The van der Waals surface area contributed by atoms with Crippen molar-refractivity contribution in [1.29, 1.82) is 0 Å². The summed E-state index contributed by atoms with van der Waals surface area (Å²) in [5, 5.41) is 4.78.